The maximum Gasteiger partial charge on any atom is 0.123 e. The molecule has 2 nitrogen and oxygen atoms in total. The summed E-state index contributed by atoms with van der Waals surface area (Å²) in [6.07, 6.45) is 2.19. The maximum absolute atomic E-state index is 10.3. The molecular weight excluding hydrogens is 128 g/mol. The van der Waals surface area contributed by atoms with Gasteiger partial charge < -0.3 is 9.53 Å². The summed E-state index contributed by atoms with van der Waals surface area (Å²) in [6.45, 7) is 3.94. The van der Waals surface area contributed by atoms with E-state index in [9.17, 15) is 4.79 Å². The molecule has 0 N–H and O–H groups in total. The number of carbonyl (C=O) groups excluding carboxylic acids is 1. The summed E-state index contributed by atoms with van der Waals surface area (Å²) < 4.78 is 5.12. The van der Waals surface area contributed by atoms with Crippen molar-refractivity contribution in [1.82, 2.24) is 0 Å². The first-order valence-corrected chi connectivity index (χ1v) is 3.79. The summed E-state index contributed by atoms with van der Waals surface area (Å²) in [5, 5.41) is 0. The predicted molar refractivity (Wildman–Crippen MR) is 36.6 cm³/mol. The number of hydrogen-bond donors (Lipinski definition) is 0. The van der Waals surface area contributed by atoms with Gasteiger partial charge in [-0.1, -0.05) is 6.92 Å². The summed E-state index contributed by atoms with van der Waals surface area (Å²) in [4.78, 5) is 10.3. The number of aldehydes is 1. The van der Waals surface area contributed by atoms with E-state index < -0.39 is 0 Å². The van der Waals surface area contributed by atoms with Crippen LogP contribution in [0.2, 0.25) is 0 Å². The Balaban J connectivity index is 1.95. The fraction of sp³-hybridized carbons (Fsp3) is 0.875. The van der Waals surface area contributed by atoms with Crippen molar-refractivity contribution in [1.29, 1.82) is 0 Å². The van der Waals surface area contributed by atoms with Gasteiger partial charge in [-0.05, 0) is 12.3 Å². The van der Waals surface area contributed by atoms with Crippen molar-refractivity contribution >= 4 is 6.29 Å². The molecule has 0 bridgehead atoms. The van der Waals surface area contributed by atoms with Crippen LogP contribution in [0.1, 0.15) is 13.3 Å². The summed E-state index contributed by atoms with van der Waals surface area (Å²) in [5.41, 5.74) is 0.353. The molecule has 2 rings (SSSR count). The van der Waals surface area contributed by atoms with Gasteiger partial charge in [0.25, 0.3) is 0 Å². The highest BCUT2D eigenvalue weighted by atomic mass is 16.5. The van der Waals surface area contributed by atoms with Gasteiger partial charge in [0.2, 0.25) is 0 Å². The molecule has 2 fully saturated rings. The second-order valence-electron chi connectivity index (χ2n) is 3.79. The zero-order chi connectivity index (χ0) is 7.19. The molecule has 1 saturated heterocycles. The highest BCUT2D eigenvalue weighted by Gasteiger charge is 2.53. The van der Waals surface area contributed by atoms with Crippen LogP contribution in [0, 0.1) is 17.3 Å². The van der Waals surface area contributed by atoms with Crippen LogP contribution in [0.5, 0.6) is 0 Å². The van der Waals surface area contributed by atoms with Crippen molar-refractivity contribution in [2.75, 3.05) is 13.2 Å². The van der Waals surface area contributed by atoms with Gasteiger partial charge in [0, 0.05) is 11.3 Å². The average Bonchev–Trinajstić information content (AvgIpc) is 2.61. The molecule has 2 aliphatic rings. The molecule has 1 aliphatic carbocycles. The van der Waals surface area contributed by atoms with E-state index in [4.69, 9.17) is 4.74 Å². The smallest absolute Gasteiger partial charge is 0.123 e. The molecule has 1 saturated carbocycles. The van der Waals surface area contributed by atoms with Crippen molar-refractivity contribution in [2.45, 2.75) is 13.3 Å². The van der Waals surface area contributed by atoms with Gasteiger partial charge in [0.15, 0.2) is 0 Å². The van der Waals surface area contributed by atoms with E-state index in [0.717, 1.165) is 25.9 Å². The second kappa shape index (κ2) is 1.82. The topological polar surface area (TPSA) is 26.3 Å². The first-order valence-electron chi connectivity index (χ1n) is 3.79. The predicted octanol–water partition coefficient (Wildman–Crippen LogP) is 0.858. The standard InChI is InChI=1S/C8H12O2/c1-8(4-10-5-8)7-2-6(7)3-9/h3,6-7H,2,4-5H2,1H3/t6-,7+/m1/s1. The molecule has 0 unspecified atom stereocenters. The number of hydrogen-bond acceptors (Lipinski definition) is 2. The van der Waals surface area contributed by atoms with Crippen LogP contribution >= 0.6 is 0 Å². The molecule has 0 radical (unpaired) electrons. The lowest BCUT2D eigenvalue weighted by Crippen LogP contribution is -2.42. The summed E-state index contributed by atoms with van der Waals surface area (Å²) in [7, 11) is 0. The fourth-order valence-corrected chi connectivity index (χ4v) is 1.80. The van der Waals surface area contributed by atoms with E-state index in [1.54, 1.807) is 0 Å². The van der Waals surface area contributed by atoms with Gasteiger partial charge in [-0.3, -0.25) is 0 Å². The van der Waals surface area contributed by atoms with Crippen molar-refractivity contribution in [3.63, 3.8) is 0 Å². The van der Waals surface area contributed by atoms with Crippen LogP contribution in [0.3, 0.4) is 0 Å². The van der Waals surface area contributed by atoms with Crippen molar-refractivity contribution in [3.8, 4) is 0 Å². The molecule has 10 heavy (non-hydrogen) atoms. The number of rotatable bonds is 2. The van der Waals surface area contributed by atoms with Crippen LogP contribution in [-0.2, 0) is 9.53 Å². The van der Waals surface area contributed by atoms with Gasteiger partial charge in [-0.15, -0.1) is 0 Å². The van der Waals surface area contributed by atoms with Crippen LogP contribution in [0.4, 0.5) is 0 Å². The fourth-order valence-electron chi connectivity index (χ4n) is 1.80. The normalized spacial score (nSPS) is 42.1. The minimum atomic E-state index is 0.353. The molecule has 2 heteroatoms. The zero-order valence-corrected chi connectivity index (χ0v) is 6.17. The number of carbonyl (C=O) groups is 1. The lowest BCUT2D eigenvalue weighted by atomic mass is 9.82. The van der Waals surface area contributed by atoms with Gasteiger partial charge in [0.1, 0.15) is 6.29 Å². The molecule has 0 amide bonds. The summed E-state index contributed by atoms with van der Waals surface area (Å²) in [5.74, 6) is 0.993. The molecule has 0 aromatic carbocycles. The Bertz CT molecular complexity index is 161. The summed E-state index contributed by atoms with van der Waals surface area (Å²) in [6, 6.07) is 0. The van der Waals surface area contributed by atoms with Crippen LogP contribution < -0.4 is 0 Å². The quantitative estimate of drug-likeness (QED) is 0.532. The third-order valence-corrected chi connectivity index (χ3v) is 2.77. The van der Waals surface area contributed by atoms with E-state index in [2.05, 4.69) is 6.92 Å². The van der Waals surface area contributed by atoms with Gasteiger partial charge >= 0.3 is 0 Å². The van der Waals surface area contributed by atoms with Gasteiger partial charge in [0.05, 0.1) is 13.2 Å². The second-order valence-corrected chi connectivity index (χ2v) is 3.79. The number of ether oxygens (including phenoxy) is 1. The Morgan fingerprint density at radius 3 is 2.60 bits per heavy atom. The Morgan fingerprint density at radius 2 is 2.30 bits per heavy atom. The average molecular weight is 140 g/mol. The minimum absolute atomic E-state index is 0.353. The van der Waals surface area contributed by atoms with E-state index >= 15 is 0 Å². The van der Waals surface area contributed by atoms with Crippen LogP contribution in [0.25, 0.3) is 0 Å². The SMILES string of the molecule is CC1([C@H]2C[C@@H]2C=O)COC1. The van der Waals surface area contributed by atoms with Crippen LogP contribution in [-0.4, -0.2) is 19.5 Å². The van der Waals surface area contributed by atoms with Crippen molar-refractivity contribution in [2.24, 2.45) is 17.3 Å². The monoisotopic (exact) mass is 140 g/mol. The summed E-state index contributed by atoms with van der Waals surface area (Å²) >= 11 is 0. The first kappa shape index (κ1) is 6.35. The zero-order valence-electron chi connectivity index (χ0n) is 6.17. The Labute approximate surface area is 60.6 Å². The van der Waals surface area contributed by atoms with E-state index in [1.165, 1.54) is 0 Å². The van der Waals surface area contributed by atoms with Crippen molar-refractivity contribution in [3.05, 3.63) is 0 Å². The molecular formula is C8H12O2. The Hall–Kier alpha value is -0.370. The first-order chi connectivity index (χ1) is 4.76. The Morgan fingerprint density at radius 1 is 1.60 bits per heavy atom. The molecule has 0 spiro atoms. The van der Waals surface area contributed by atoms with E-state index in [-0.39, 0.29) is 0 Å². The highest BCUT2D eigenvalue weighted by molar-refractivity contribution is 5.58. The molecule has 1 aliphatic heterocycles. The van der Waals surface area contributed by atoms with Gasteiger partial charge in [-0.25, -0.2) is 0 Å². The van der Waals surface area contributed by atoms with E-state index in [1.807, 2.05) is 0 Å². The Kier molecular flexibility index (Phi) is 1.15. The maximum atomic E-state index is 10.3. The lowest BCUT2D eigenvalue weighted by molar-refractivity contribution is -0.122. The minimum Gasteiger partial charge on any atom is -0.380 e. The highest BCUT2D eigenvalue weighted by Crippen LogP contribution is 2.53. The lowest BCUT2D eigenvalue weighted by Gasteiger charge is -2.38. The van der Waals surface area contributed by atoms with Gasteiger partial charge in [-0.2, -0.15) is 0 Å². The van der Waals surface area contributed by atoms with Crippen molar-refractivity contribution < 1.29 is 9.53 Å². The molecule has 0 aromatic heterocycles. The van der Waals surface area contributed by atoms with E-state index in [0.29, 0.717) is 17.3 Å². The molecule has 0 aromatic rings. The third kappa shape index (κ3) is 0.717. The molecule has 1 heterocycles. The molecule has 2 atom stereocenters. The third-order valence-electron chi connectivity index (χ3n) is 2.77. The van der Waals surface area contributed by atoms with Crippen LogP contribution in [0.15, 0.2) is 0 Å². The largest absolute Gasteiger partial charge is 0.380 e. The molecule has 56 valence electrons.